The molecule has 21 heavy (non-hydrogen) atoms. The van der Waals surface area contributed by atoms with Crippen molar-refractivity contribution in [3.05, 3.63) is 35.2 Å². The van der Waals surface area contributed by atoms with Gasteiger partial charge < -0.3 is 9.47 Å². The van der Waals surface area contributed by atoms with Crippen LogP contribution in [0.5, 0.6) is 11.5 Å². The van der Waals surface area contributed by atoms with Crippen LogP contribution in [0, 0.1) is 6.92 Å². The van der Waals surface area contributed by atoms with E-state index >= 15 is 0 Å². The van der Waals surface area contributed by atoms with Crippen LogP contribution in [0.3, 0.4) is 0 Å². The zero-order valence-electron chi connectivity index (χ0n) is 12.8. The SMILES string of the molecule is CCC(Br)c1cn(Cc2cc(OC)c(OC)cc2C)nn1. The lowest BCUT2D eigenvalue weighted by Gasteiger charge is -2.12. The van der Waals surface area contributed by atoms with Gasteiger partial charge in [-0.2, -0.15) is 0 Å². The molecule has 1 unspecified atom stereocenters. The number of halogens is 1. The van der Waals surface area contributed by atoms with E-state index in [9.17, 15) is 0 Å². The Morgan fingerprint density at radius 3 is 2.52 bits per heavy atom. The highest BCUT2D eigenvalue weighted by Crippen LogP contribution is 2.30. The highest BCUT2D eigenvalue weighted by Gasteiger charge is 2.12. The van der Waals surface area contributed by atoms with Crippen LogP contribution in [-0.2, 0) is 6.54 Å². The van der Waals surface area contributed by atoms with Gasteiger partial charge in [0.2, 0.25) is 0 Å². The normalized spacial score (nSPS) is 12.2. The van der Waals surface area contributed by atoms with E-state index in [0.29, 0.717) is 6.54 Å². The zero-order valence-corrected chi connectivity index (χ0v) is 14.3. The Hall–Kier alpha value is -1.56. The van der Waals surface area contributed by atoms with Crippen molar-refractivity contribution in [3.8, 4) is 11.5 Å². The summed E-state index contributed by atoms with van der Waals surface area (Å²) in [5, 5.41) is 8.38. The zero-order chi connectivity index (χ0) is 15.4. The molecule has 1 aromatic heterocycles. The molecule has 0 spiro atoms. The maximum absolute atomic E-state index is 5.35. The van der Waals surface area contributed by atoms with E-state index < -0.39 is 0 Å². The molecule has 0 fully saturated rings. The minimum atomic E-state index is 0.248. The summed E-state index contributed by atoms with van der Waals surface area (Å²) in [6.45, 7) is 4.81. The molecule has 0 saturated carbocycles. The van der Waals surface area contributed by atoms with Gasteiger partial charge in [0, 0.05) is 6.20 Å². The predicted octanol–water partition coefficient (Wildman–Crippen LogP) is 3.50. The van der Waals surface area contributed by atoms with Gasteiger partial charge in [-0.1, -0.05) is 28.1 Å². The largest absolute Gasteiger partial charge is 0.493 e. The van der Waals surface area contributed by atoms with Crippen molar-refractivity contribution >= 4 is 15.9 Å². The van der Waals surface area contributed by atoms with Gasteiger partial charge >= 0.3 is 0 Å². The molecule has 0 aliphatic heterocycles. The number of rotatable bonds is 6. The van der Waals surface area contributed by atoms with E-state index in [1.807, 2.05) is 23.0 Å². The Morgan fingerprint density at radius 2 is 1.90 bits per heavy atom. The smallest absolute Gasteiger partial charge is 0.161 e. The first-order chi connectivity index (χ1) is 10.1. The molecule has 1 heterocycles. The number of aryl methyl sites for hydroxylation is 1. The lowest BCUT2D eigenvalue weighted by molar-refractivity contribution is 0.354. The van der Waals surface area contributed by atoms with Gasteiger partial charge in [-0.3, -0.25) is 0 Å². The van der Waals surface area contributed by atoms with Crippen LogP contribution in [0.4, 0.5) is 0 Å². The average molecular weight is 354 g/mol. The van der Waals surface area contributed by atoms with E-state index in [1.165, 1.54) is 0 Å². The average Bonchev–Trinajstić information content (AvgIpc) is 2.96. The molecule has 0 bridgehead atoms. The second kappa shape index (κ2) is 6.93. The second-order valence-electron chi connectivity index (χ2n) is 4.85. The fraction of sp³-hybridized carbons (Fsp3) is 0.467. The van der Waals surface area contributed by atoms with Crippen molar-refractivity contribution in [2.75, 3.05) is 14.2 Å². The van der Waals surface area contributed by atoms with E-state index in [4.69, 9.17) is 9.47 Å². The lowest BCUT2D eigenvalue weighted by atomic mass is 10.1. The highest BCUT2D eigenvalue weighted by atomic mass is 79.9. The molecule has 6 heteroatoms. The third kappa shape index (κ3) is 3.56. The Balaban J connectivity index is 2.25. The molecule has 2 rings (SSSR count). The Kier molecular flexibility index (Phi) is 5.22. The third-order valence-corrected chi connectivity index (χ3v) is 4.53. The van der Waals surface area contributed by atoms with Gasteiger partial charge in [-0.25, -0.2) is 4.68 Å². The molecule has 1 atom stereocenters. The van der Waals surface area contributed by atoms with Crippen LogP contribution in [0.25, 0.3) is 0 Å². The van der Waals surface area contributed by atoms with Crippen molar-refractivity contribution in [2.24, 2.45) is 0 Å². The maximum atomic E-state index is 5.35. The molecule has 0 radical (unpaired) electrons. The summed E-state index contributed by atoms with van der Waals surface area (Å²) in [6, 6.07) is 3.96. The molecule has 2 aromatic rings. The van der Waals surface area contributed by atoms with Crippen LogP contribution in [0.15, 0.2) is 18.3 Å². The number of hydrogen-bond acceptors (Lipinski definition) is 4. The van der Waals surface area contributed by atoms with Gasteiger partial charge in [0.05, 0.1) is 31.3 Å². The minimum Gasteiger partial charge on any atom is -0.493 e. The van der Waals surface area contributed by atoms with Crippen LogP contribution in [-0.4, -0.2) is 29.2 Å². The topological polar surface area (TPSA) is 49.2 Å². The fourth-order valence-electron chi connectivity index (χ4n) is 2.11. The summed E-state index contributed by atoms with van der Waals surface area (Å²) in [7, 11) is 3.28. The minimum absolute atomic E-state index is 0.248. The Labute approximate surface area is 133 Å². The molecular weight excluding hydrogens is 334 g/mol. The first-order valence-corrected chi connectivity index (χ1v) is 7.76. The Bertz CT molecular complexity index is 613. The predicted molar refractivity (Wildman–Crippen MR) is 85.4 cm³/mol. The van der Waals surface area contributed by atoms with Crippen molar-refractivity contribution in [1.82, 2.24) is 15.0 Å². The molecule has 0 saturated heterocycles. The van der Waals surface area contributed by atoms with E-state index in [2.05, 4.69) is 40.1 Å². The molecular formula is C15H20BrN3O2. The number of nitrogens with zero attached hydrogens (tertiary/aromatic N) is 3. The first kappa shape index (κ1) is 15.8. The molecule has 1 aromatic carbocycles. The van der Waals surface area contributed by atoms with Crippen molar-refractivity contribution in [2.45, 2.75) is 31.6 Å². The number of ether oxygens (including phenoxy) is 2. The van der Waals surface area contributed by atoms with Gasteiger partial charge in [0.15, 0.2) is 11.5 Å². The monoisotopic (exact) mass is 353 g/mol. The molecule has 0 aliphatic rings. The number of hydrogen-bond donors (Lipinski definition) is 0. The summed E-state index contributed by atoms with van der Waals surface area (Å²) >= 11 is 3.59. The van der Waals surface area contributed by atoms with E-state index in [-0.39, 0.29) is 4.83 Å². The van der Waals surface area contributed by atoms with E-state index in [0.717, 1.165) is 34.7 Å². The molecule has 5 nitrogen and oxygen atoms in total. The highest BCUT2D eigenvalue weighted by molar-refractivity contribution is 9.09. The van der Waals surface area contributed by atoms with Crippen LogP contribution in [0.1, 0.15) is 35.0 Å². The summed E-state index contributed by atoms with van der Waals surface area (Å²) in [4.78, 5) is 0.248. The summed E-state index contributed by atoms with van der Waals surface area (Å²) in [5.41, 5.74) is 3.22. The third-order valence-electron chi connectivity index (χ3n) is 3.41. The van der Waals surface area contributed by atoms with Crippen LogP contribution < -0.4 is 9.47 Å². The second-order valence-corrected chi connectivity index (χ2v) is 5.96. The Morgan fingerprint density at radius 1 is 1.24 bits per heavy atom. The number of aromatic nitrogens is 3. The summed E-state index contributed by atoms with van der Waals surface area (Å²) in [5.74, 6) is 1.47. The number of alkyl halides is 1. The molecule has 0 amide bonds. The first-order valence-electron chi connectivity index (χ1n) is 6.84. The lowest BCUT2D eigenvalue weighted by Crippen LogP contribution is -2.03. The molecule has 114 valence electrons. The number of methoxy groups -OCH3 is 2. The van der Waals surface area contributed by atoms with Gasteiger partial charge in [-0.05, 0) is 36.6 Å². The summed E-state index contributed by atoms with van der Waals surface area (Å²) < 4.78 is 12.5. The quantitative estimate of drug-likeness (QED) is 0.745. The molecule has 0 aliphatic carbocycles. The fourth-order valence-corrected chi connectivity index (χ4v) is 2.32. The summed E-state index contributed by atoms with van der Waals surface area (Å²) in [6.07, 6.45) is 2.95. The molecule has 0 N–H and O–H groups in total. The number of benzene rings is 1. The van der Waals surface area contributed by atoms with Gasteiger partial charge in [-0.15, -0.1) is 5.10 Å². The van der Waals surface area contributed by atoms with Crippen molar-refractivity contribution < 1.29 is 9.47 Å². The maximum Gasteiger partial charge on any atom is 0.161 e. The van der Waals surface area contributed by atoms with Gasteiger partial charge in [0.25, 0.3) is 0 Å². The van der Waals surface area contributed by atoms with Crippen LogP contribution >= 0.6 is 15.9 Å². The van der Waals surface area contributed by atoms with E-state index in [1.54, 1.807) is 14.2 Å². The van der Waals surface area contributed by atoms with Crippen molar-refractivity contribution in [1.29, 1.82) is 0 Å². The van der Waals surface area contributed by atoms with Gasteiger partial charge in [0.1, 0.15) is 0 Å². The van der Waals surface area contributed by atoms with Crippen LogP contribution in [0.2, 0.25) is 0 Å². The standard InChI is InChI=1S/C15H20BrN3O2/c1-5-12(16)13-9-19(18-17-13)8-11-7-15(21-4)14(20-3)6-10(11)2/h6-7,9,12H,5,8H2,1-4H3. The van der Waals surface area contributed by atoms with Crippen molar-refractivity contribution in [3.63, 3.8) is 0 Å².